The van der Waals surface area contributed by atoms with E-state index in [1.54, 1.807) is 14.1 Å². The van der Waals surface area contributed by atoms with E-state index in [0.29, 0.717) is 11.1 Å². The Labute approximate surface area is 195 Å². The maximum Gasteiger partial charge on any atom is 0.202 e. The summed E-state index contributed by atoms with van der Waals surface area (Å²) in [4.78, 5) is 40.5. The number of phenols is 1. The van der Waals surface area contributed by atoms with Crippen molar-refractivity contribution in [1.82, 2.24) is 4.90 Å². The smallest absolute Gasteiger partial charge is 0.202 e. The van der Waals surface area contributed by atoms with Gasteiger partial charge < -0.3 is 30.3 Å². The molecule has 1 aromatic carbocycles. The van der Waals surface area contributed by atoms with E-state index in [-0.39, 0.29) is 35.5 Å². The maximum atomic E-state index is 13.7. The summed E-state index contributed by atoms with van der Waals surface area (Å²) < 4.78 is 5.42. The van der Waals surface area contributed by atoms with Crippen molar-refractivity contribution in [2.24, 2.45) is 11.8 Å². The number of likely N-dealkylation sites (N-methyl/N-ethyl adjacent to an activating group) is 1. The molecule has 1 saturated carbocycles. The number of aromatic hydroxyl groups is 1. The second-order valence-electron chi connectivity index (χ2n) is 9.25. The first-order chi connectivity index (χ1) is 15.9. The molecule has 10 heteroatoms. The zero-order valence-corrected chi connectivity index (χ0v) is 19.2. The largest absolute Gasteiger partial charge is 0.508 e. The lowest BCUT2D eigenvalue weighted by molar-refractivity contribution is -0.153. The van der Waals surface area contributed by atoms with Crippen molar-refractivity contribution in [2.75, 3.05) is 21.2 Å². The SMILES string of the molecule is COc1c(CO)cc(O)c2c1C[C@H]1C[C@H]3[C@H](N(C)C)C(=O)C(C(C)=O)=C(O)[C@@]3(O)C(=O)C1=C2O. The molecule has 3 aliphatic carbocycles. The summed E-state index contributed by atoms with van der Waals surface area (Å²) in [6, 6.07) is 0.138. The summed E-state index contributed by atoms with van der Waals surface area (Å²) in [5.74, 6) is -6.04. The molecule has 0 saturated heterocycles. The van der Waals surface area contributed by atoms with Crippen LogP contribution < -0.4 is 4.74 Å². The standard InChI is InChI=1S/C24H27NO9/c1-9(27)15-20(30)18(25(2)3)13-6-10-5-12-17(14(28)7-11(8-26)21(12)34-4)19(29)16(10)23(32)24(13,33)22(15)31/h7,10,13,18,26,28-29,31,33H,5-6,8H2,1-4H3/t10-,13-,18-,24+/m0/s1. The number of phenolic OH excluding ortho intramolecular Hbond substituents is 1. The Morgan fingerprint density at radius 2 is 1.88 bits per heavy atom. The molecule has 0 radical (unpaired) electrons. The average Bonchev–Trinajstić information content (AvgIpc) is 2.75. The monoisotopic (exact) mass is 473 g/mol. The summed E-state index contributed by atoms with van der Waals surface area (Å²) in [6.45, 7) is 0.629. The summed E-state index contributed by atoms with van der Waals surface area (Å²) in [5.41, 5.74) is -2.85. The van der Waals surface area contributed by atoms with E-state index in [0.717, 1.165) is 6.92 Å². The van der Waals surface area contributed by atoms with Crippen LogP contribution in [0.25, 0.3) is 5.76 Å². The number of rotatable bonds is 4. The third-order valence-electron chi connectivity index (χ3n) is 7.23. The maximum absolute atomic E-state index is 13.7. The highest BCUT2D eigenvalue weighted by atomic mass is 16.5. The van der Waals surface area contributed by atoms with Crippen molar-refractivity contribution in [2.45, 2.75) is 38.0 Å². The molecule has 34 heavy (non-hydrogen) atoms. The number of ether oxygens (including phenoxy) is 1. The highest BCUT2D eigenvalue weighted by Gasteiger charge is 2.64. The van der Waals surface area contributed by atoms with Crippen LogP contribution in [0.1, 0.15) is 30.0 Å². The molecule has 3 aliphatic rings. The fourth-order valence-electron chi connectivity index (χ4n) is 5.83. The Balaban J connectivity index is 2.00. The Hall–Kier alpha value is -3.21. The van der Waals surface area contributed by atoms with E-state index in [9.17, 15) is 39.9 Å². The summed E-state index contributed by atoms with van der Waals surface area (Å²) in [7, 11) is 4.52. The minimum absolute atomic E-state index is 0.0121. The molecule has 0 bridgehead atoms. The van der Waals surface area contributed by atoms with Gasteiger partial charge in [0.05, 0.1) is 25.3 Å². The van der Waals surface area contributed by atoms with Crippen LogP contribution in [-0.2, 0) is 27.4 Å². The van der Waals surface area contributed by atoms with Crippen molar-refractivity contribution < 1.29 is 44.7 Å². The van der Waals surface area contributed by atoms with Gasteiger partial charge in [-0.2, -0.15) is 0 Å². The Bertz CT molecular complexity index is 1200. The number of carbonyl (C=O) groups is 3. The zero-order chi connectivity index (χ0) is 25.3. The number of aliphatic hydroxyl groups is 4. The van der Waals surface area contributed by atoms with Gasteiger partial charge >= 0.3 is 0 Å². The van der Waals surface area contributed by atoms with Gasteiger partial charge in [-0.1, -0.05) is 0 Å². The van der Waals surface area contributed by atoms with Crippen molar-refractivity contribution in [1.29, 1.82) is 0 Å². The van der Waals surface area contributed by atoms with Crippen molar-refractivity contribution in [3.05, 3.63) is 39.7 Å². The van der Waals surface area contributed by atoms with E-state index < -0.39 is 64.5 Å². The molecule has 0 aliphatic heterocycles. The van der Waals surface area contributed by atoms with E-state index >= 15 is 0 Å². The first-order valence-corrected chi connectivity index (χ1v) is 10.8. The zero-order valence-electron chi connectivity index (χ0n) is 19.2. The number of hydrogen-bond acceptors (Lipinski definition) is 10. The molecule has 5 N–H and O–H groups in total. The Morgan fingerprint density at radius 1 is 1.24 bits per heavy atom. The van der Waals surface area contributed by atoms with Gasteiger partial charge in [-0.3, -0.25) is 19.3 Å². The molecule has 10 nitrogen and oxygen atoms in total. The van der Waals surface area contributed by atoms with Crippen LogP contribution >= 0.6 is 0 Å². The number of aliphatic hydroxyl groups excluding tert-OH is 3. The third kappa shape index (κ3) is 2.95. The van der Waals surface area contributed by atoms with Crippen LogP contribution in [0.3, 0.4) is 0 Å². The van der Waals surface area contributed by atoms with Gasteiger partial charge in [0.25, 0.3) is 0 Å². The molecular weight excluding hydrogens is 446 g/mol. The fourth-order valence-corrected chi connectivity index (χ4v) is 5.83. The van der Waals surface area contributed by atoms with Gasteiger partial charge in [0.1, 0.15) is 28.6 Å². The highest BCUT2D eigenvalue weighted by molar-refractivity contribution is 6.25. The van der Waals surface area contributed by atoms with E-state index in [1.165, 1.54) is 18.1 Å². The van der Waals surface area contributed by atoms with E-state index in [4.69, 9.17) is 4.74 Å². The molecule has 4 rings (SSSR count). The second kappa shape index (κ2) is 7.93. The molecule has 182 valence electrons. The lowest BCUT2D eigenvalue weighted by Crippen LogP contribution is -2.65. The van der Waals surface area contributed by atoms with Gasteiger partial charge in [-0.05, 0) is 45.8 Å². The predicted molar refractivity (Wildman–Crippen MR) is 118 cm³/mol. The highest BCUT2D eigenvalue weighted by Crippen LogP contribution is 2.54. The van der Waals surface area contributed by atoms with Crippen LogP contribution in [0, 0.1) is 11.8 Å². The number of Topliss-reactive ketones (excluding diaryl/α,β-unsaturated/α-hetero) is 3. The van der Waals surface area contributed by atoms with Gasteiger partial charge in [0.2, 0.25) is 5.78 Å². The first-order valence-electron chi connectivity index (χ1n) is 10.8. The minimum atomic E-state index is -2.61. The molecule has 4 atom stereocenters. The van der Waals surface area contributed by atoms with Gasteiger partial charge in [-0.15, -0.1) is 0 Å². The number of carbonyl (C=O) groups excluding carboxylic acids is 3. The molecule has 0 heterocycles. The Morgan fingerprint density at radius 3 is 2.41 bits per heavy atom. The first kappa shape index (κ1) is 23.9. The van der Waals surface area contributed by atoms with Crippen molar-refractivity contribution in [3.63, 3.8) is 0 Å². The van der Waals surface area contributed by atoms with Crippen molar-refractivity contribution >= 4 is 23.1 Å². The van der Waals surface area contributed by atoms with Crippen LogP contribution in [0.5, 0.6) is 11.5 Å². The second-order valence-corrected chi connectivity index (χ2v) is 9.25. The number of methoxy groups -OCH3 is 1. The average molecular weight is 473 g/mol. The molecule has 0 spiro atoms. The van der Waals surface area contributed by atoms with Crippen LogP contribution in [-0.4, -0.2) is 80.6 Å². The summed E-state index contributed by atoms with van der Waals surface area (Å²) in [5, 5.41) is 53.8. The normalized spacial score (nSPS) is 28.6. The summed E-state index contributed by atoms with van der Waals surface area (Å²) in [6.07, 6.45) is 0.119. The van der Waals surface area contributed by atoms with Gasteiger partial charge in [-0.25, -0.2) is 0 Å². The third-order valence-corrected chi connectivity index (χ3v) is 7.23. The minimum Gasteiger partial charge on any atom is -0.508 e. The number of hydrogen-bond donors (Lipinski definition) is 5. The molecule has 0 aromatic heterocycles. The molecule has 0 amide bonds. The lowest BCUT2D eigenvalue weighted by Gasteiger charge is -2.50. The van der Waals surface area contributed by atoms with Crippen molar-refractivity contribution in [3.8, 4) is 11.5 Å². The van der Waals surface area contributed by atoms with E-state index in [1.807, 2.05) is 0 Å². The molecular formula is C24H27NO9. The topological polar surface area (TPSA) is 165 Å². The van der Waals surface area contributed by atoms with Crippen LogP contribution in [0.15, 0.2) is 23.0 Å². The summed E-state index contributed by atoms with van der Waals surface area (Å²) >= 11 is 0. The molecule has 1 fully saturated rings. The Kier molecular flexibility index (Phi) is 5.58. The number of ketones is 3. The fraction of sp³-hybridized carbons (Fsp3) is 0.458. The number of benzene rings is 1. The molecule has 1 aromatic rings. The van der Waals surface area contributed by atoms with Gasteiger partial charge in [0, 0.05) is 22.6 Å². The quantitative estimate of drug-likeness (QED) is 0.390. The number of nitrogens with zero attached hydrogens (tertiary/aromatic N) is 1. The lowest BCUT2D eigenvalue weighted by atomic mass is 9.57. The molecule has 0 unspecified atom stereocenters. The van der Waals surface area contributed by atoms with Crippen LogP contribution in [0.2, 0.25) is 0 Å². The predicted octanol–water partition coefficient (Wildman–Crippen LogP) is 0.569. The van der Waals surface area contributed by atoms with Crippen LogP contribution in [0.4, 0.5) is 0 Å². The number of fused-ring (bicyclic) bond motifs is 3. The van der Waals surface area contributed by atoms with Gasteiger partial charge in [0.15, 0.2) is 17.2 Å². The van der Waals surface area contributed by atoms with E-state index in [2.05, 4.69) is 0 Å².